The van der Waals surface area contributed by atoms with Crippen LogP contribution in [-0.2, 0) is 0 Å². The molecule has 0 aliphatic heterocycles. The predicted molar refractivity (Wildman–Crippen MR) is 92.6 cm³/mol. The van der Waals surface area contributed by atoms with Crippen LogP contribution in [0.2, 0.25) is 0 Å². The van der Waals surface area contributed by atoms with Crippen molar-refractivity contribution in [3.8, 4) is 28.7 Å². The predicted octanol–water partition coefficient (Wildman–Crippen LogP) is 1.51. The van der Waals surface area contributed by atoms with Crippen molar-refractivity contribution >= 4 is 0 Å². The van der Waals surface area contributed by atoms with E-state index in [-0.39, 0.29) is 18.1 Å². The number of benzene rings is 2. The molecule has 136 valence electrons. The third-order valence-corrected chi connectivity index (χ3v) is 3.37. The molecule has 2 aromatic carbocycles. The van der Waals surface area contributed by atoms with E-state index in [1.54, 1.807) is 7.11 Å². The molecule has 0 spiro atoms. The summed E-state index contributed by atoms with van der Waals surface area (Å²) in [5.74, 6) is 1.23. The van der Waals surface area contributed by atoms with Crippen molar-refractivity contribution in [3.63, 3.8) is 0 Å². The number of ether oxygens (including phenoxy) is 3. The summed E-state index contributed by atoms with van der Waals surface area (Å²) in [4.78, 5) is 0. The maximum absolute atomic E-state index is 9.87. The monoisotopic (exact) mass is 349 g/mol. The van der Waals surface area contributed by atoms with Gasteiger partial charge in [0.2, 0.25) is 0 Å². The van der Waals surface area contributed by atoms with Gasteiger partial charge in [0, 0.05) is 19.2 Å². The number of phenols is 2. The number of methoxy groups -OCH3 is 1. The van der Waals surface area contributed by atoms with Crippen LogP contribution in [0, 0.1) is 0 Å². The smallest absolute Gasteiger partial charge is 0.161 e. The largest absolute Gasteiger partial charge is 0.504 e. The minimum Gasteiger partial charge on any atom is -0.504 e. The lowest BCUT2D eigenvalue weighted by Gasteiger charge is -2.14. The third-order valence-electron chi connectivity index (χ3n) is 3.37. The Labute approximate surface area is 146 Å². The number of hydrogen-bond acceptors (Lipinski definition) is 7. The van der Waals surface area contributed by atoms with Crippen molar-refractivity contribution in [2.75, 3.05) is 33.4 Å². The molecule has 0 saturated heterocycles. The number of nitrogens with one attached hydrogen (secondary N) is 1. The highest BCUT2D eigenvalue weighted by atomic mass is 16.5. The molecule has 7 nitrogen and oxygen atoms in total. The van der Waals surface area contributed by atoms with E-state index in [1.165, 1.54) is 18.2 Å². The lowest BCUT2D eigenvalue weighted by Crippen LogP contribution is -2.33. The minimum absolute atomic E-state index is 0.0601. The van der Waals surface area contributed by atoms with E-state index in [1.807, 2.05) is 24.3 Å². The summed E-state index contributed by atoms with van der Waals surface area (Å²) in [5.41, 5.74) is 0. The number of aromatic hydroxyl groups is 2. The summed E-state index contributed by atoms with van der Waals surface area (Å²) in [7, 11) is 1.59. The molecule has 0 fully saturated rings. The van der Waals surface area contributed by atoms with Crippen LogP contribution in [0.15, 0.2) is 42.5 Å². The second-order valence-corrected chi connectivity index (χ2v) is 5.32. The Balaban J connectivity index is 1.62. The summed E-state index contributed by atoms with van der Waals surface area (Å²) in [6, 6.07) is 11.5. The zero-order chi connectivity index (χ0) is 18.1. The van der Waals surface area contributed by atoms with Gasteiger partial charge in [0.1, 0.15) is 25.1 Å². The fourth-order valence-electron chi connectivity index (χ4n) is 2.08. The first-order valence-electron chi connectivity index (χ1n) is 7.89. The van der Waals surface area contributed by atoms with Crippen LogP contribution in [0.5, 0.6) is 28.7 Å². The molecule has 25 heavy (non-hydrogen) atoms. The van der Waals surface area contributed by atoms with Crippen LogP contribution in [0.4, 0.5) is 0 Å². The standard InChI is InChI=1S/C18H23NO6/c1-23-17-4-2-3-5-18(17)24-9-8-19-11-13(20)12-25-14-6-7-15(21)16(22)10-14/h2-7,10,13,19-22H,8-9,11-12H2,1H3. The Kier molecular flexibility index (Phi) is 7.18. The first-order valence-corrected chi connectivity index (χ1v) is 7.89. The van der Waals surface area contributed by atoms with E-state index in [0.29, 0.717) is 36.9 Å². The molecule has 0 aromatic heterocycles. The van der Waals surface area contributed by atoms with Crippen LogP contribution in [-0.4, -0.2) is 54.8 Å². The fourth-order valence-corrected chi connectivity index (χ4v) is 2.08. The number of para-hydroxylation sites is 2. The maximum atomic E-state index is 9.87. The van der Waals surface area contributed by atoms with E-state index in [2.05, 4.69) is 5.32 Å². The number of phenolic OH excluding ortho intramolecular Hbond substituents is 2. The SMILES string of the molecule is COc1ccccc1OCCNCC(O)COc1ccc(O)c(O)c1. The quantitative estimate of drug-likeness (QED) is 0.381. The molecule has 2 rings (SSSR count). The second-order valence-electron chi connectivity index (χ2n) is 5.32. The van der Waals surface area contributed by atoms with Gasteiger partial charge in [-0.15, -0.1) is 0 Å². The first kappa shape index (κ1) is 18.7. The number of aliphatic hydroxyl groups is 1. The molecule has 0 saturated carbocycles. The summed E-state index contributed by atoms with van der Waals surface area (Å²) < 4.78 is 16.2. The Hall–Kier alpha value is -2.64. The van der Waals surface area contributed by atoms with Gasteiger partial charge in [-0.3, -0.25) is 0 Å². The lowest BCUT2D eigenvalue weighted by atomic mass is 10.3. The zero-order valence-corrected chi connectivity index (χ0v) is 14.0. The van der Waals surface area contributed by atoms with E-state index in [4.69, 9.17) is 14.2 Å². The molecule has 0 heterocycles. The molecule has 0 amide bonds. The number of hydrogen-bond donors (Lipinski definition) is 4. The lowest BCUT2D eigenvalue weighted by molar-refractivity contribution is 0.105. The first-order chi connectivity index (χ1) is 12.1. The fraction of sp³-hybridized carbons (Fsp3) is 0.333. The summed E-state index contributed by atoms with van der Waals surface area (Å²) >= 11 is 0. The molecule has 0 aliphatic rings. The van der Waals surface area contributed by atoms with Crippen LogP contribution in [0.1, 0.15) is 0 Å². The summed E-state index contributed by atoms with van der Waals surface area (Å²) in [6.07, 6.45) is -0.720. The van der Waals surface area contributed by atoms with E-state index < -0.39 is 6.10 Å². The molecule has 1 atom stereocenters. The molecule has 0 aliphatic carbocycles. The van der Waals surface area contributed by atoms with Crippen molar-refractivity contribution in [1.82, 2.24) is 5.32 Å². The van der Waals surface area contributed by atoms with Gasteiger partial charge in [-0.25, -0.2) is 0 Å². The molecule has 1 unspecified atom stereocenters. The van der Waals surface area contributed by atoms with Crippen molar-refractivity contribution < 1.29 is 29.5 Å². The average Bonchev–Trinajstić information content (AvgIpc) is 2.62. The minimum atomic E-state index is -0.720. The molecule has 2 aromatic rings. The van der Waals surface area contributed by atoms with Gasteiger partial charge in [-0.1, -0.05) is 12.1 Å². The molecule has 0 radical (unpaired) electrons. The van der Waals surface area contributed by atoms with Gasteiger partial charge in [-0.2, -0.15) is 0 Å². The van der Waals surface area contributed by atoms with Crippen molar-refractivity contribution in [3.05, 3.63) is 42.5 Å². The van der Waals surface area contributed by atoms with Gasteiger partial charge >= 0.3 is 0 Å². The van der Waals surface area contributed by atoms with Gasteiger partial charge in [0.15, 0.2) is 23.0 Å². The van der Waals surface area contributed by atoms with Gasteiger partial charge in [0.05, 0.1) is 7.11 Å². The van der Waals surface area contributed by atoms with Crippen molar-refractivity contribution in [2.45, 2.75) is 6.10 Å². The Morgan fingerprint density at radius 1 is 1.00 bits per heavy atom. The van der Waals surface area contributed by atoms with Crippen molar-refractivity contribution in [2.24, 2.45) is 0 Å². The van der Waals surface area contributed by atoms with Crippen LogP contribution >= 0.6 is 0 Å². The summed E-state index contributed by atoms with van der Waals surface area (Å²) in [5, 5.41) is 31.5. The van der Waals surface area contributed by atoms with Crippen molar-refractivity contribution in [1.29, 1.82) is 0 Å². The third kappa shape index (κ3) is 6.06. The average molecular weight is 349 g/mol. The molecular formula is C18H23NO6. The molecular weight excluding hydrogens is 326 g/mol. The topological polar surface area (TPSA) is 100 Å². The Morgan fingerprint density at radius 2 is 1.76 bits per heavy atom. The normalized spacial score (nSPS) is 11.8. The summed E-state index contributed by atoms with van der Waals surface area (Å²) in [6.45, 7) is 1.37. The number of aliphatic hydroxyl groups excluding tert-OH is 1. The molecule has 0 bridgehead atoms. The highest BCUT2D eigenvalue weighted by Crippen LogP contribution is 2.28. The van der Waals surface area contributed by atoms with E-state index in [0.717, 1.165) is 0 Å². The Bertz CT molecular complexity index is 664. The van der Waals surface area contributed by atoms with Crippen LogP contribution in [0.25, 0.3) is 0 Å². The van der Waals surface area contributed by atoms with Gasteiger partial charge in [-0.05, 0) is 24.3 Å². The molecule has 7 heteroatoms. The van der Waals surface area contributed by atoms with E-state index in [9.17, 15) is 15.3 Å². The zero-order valence-electron chi connectivity index (χ0n) is 14.0. The van der Waals surface area contributed by atoms with E-state index >= 15 is 0 Å². The van der Waals surface area contributed by atoms with Crippen LogP contribution in [0.3, 0.4) is 0 Å². The number of rotatable bonds is 10. The Morgan fingerprint density at radius 3 is 2.48 bits per heavy atom. The maximum Gasteiger partial charge on any atom is 0.161 e. The molecule has 4 N–H and O–H groups in total. The highest BCUT2D eigenvalue weighted by molar-refractivity contribution is 5.43. The second kappa shape index (κ2) is 9.61. The van der Waals surface area contributed by atoms with Gasteiger partial charge in [0.25, 0.3) is 0 Å². The van der Waals surface area contributed by atoms with Crippen LogP contribution < -0.4 is 19.5 Å². The highest BCUT2D eigenvalue weighted by Gasteiger charge is 2.07. The van der Waals surface area contributed by atoms with Gasteiger partial charge < -0.3 is 34.8 Å².